The molecule has 0 saturated carbocycles. The van der Waals surface area contributed by atoms with Crippen LogP contribution in [0.5, 0.6) is 0 Å². The fourth-order valence-corrected chi connectivity index (χ4v) is 1.53. The molecule has 0 heterocycles. The van der Waals surface area contributed by atoms with Gasteiger partial charge in [0.1, 0.15) is 0 Å². The maximum absolute atomic E-state index is 5.40. The Morgan fingerprint density at radius 2 is 1.92 bits per heavy atom. The van der Waals surface area contributed by atoms with Crippen LogP contribution in [-0.2, 0) is 4.74 Å². The van der Waals surface area contributed by atoms with E-state index in [9.17, 15) is 0 Å². The number of rotatable bonds is 6. The molecule has 0 N–H and O–H groups in total. The highest BCUT2D eigenvalue weighted by molar-refractivity contribution is 4.78. The number of ether oxygens (including phenoxy) is 1. The predicted octanol–water partition coefficient (Wildman–Crippen LogP) is 3.63. The molecule has 0 aliphatic heterocycles. The lowest BCUT2D eigenvalue weighted by molar-refractivity contribution is 0.00163. The second kappa shape index (κ2) is 5.58. The molecular weight excluding hydrogens is 148 g/mol. The summed E-state index contributed by atoms with van der Waals surface area (Å²) in [6.07, 6.45) is 5.48. The highest BCUT2D eigenvalue weighted by Crippen LogP contribution is 2.33. The summed E-state index contributed by atoms with van der Waals surface area (Å²) in [5.41, 5.74) is 0.380. The second-order valence-corrected chi connectivity index (χ2v) is 3.99. The molecule has 0 aliphatic carbocycles. The smallest absolute Gasteiger partial charge is 0.0596 e. The Hall–Kier alpha value is -0.0400. The van der Waals surface area contributed by atoms with Gasteiger partial charge in [0.2, 0.25) is 0 Å². The summed E-state index contributed by atoms with van der Waals surface area (Å²) in [6, 6.07) is 0. The first kappa shape index (κ1) is 12.0. The molecule has 0 aliphatic rings. The fraction of sp³-hybridized carbons (Fsp3) is 1.00. The Balaban J connectivity index is 4.03. The molecule has 0 amide bonds. The zero-order valence-corrected chi connectivity index (χ0v) is 9.31. The topological polar surface area (TPSA) is 9.23 Å². The van der Waals surface area contributed by atoms with Crippen LogP contribution in [0.3, 0.4) is 0 Å². The van der Waals surface area contributed by atoms with E-state index in [1.54, 1.807) is 0 Å². The van der Waals surface area contributed by atoms with Gasteiger partial charge in [0.25, 0.3) is 0 Å². The molecule has 2 atom stereocenters. The molecule has 0 saturated heterocycles. The third-order valence-electron chi connectivity index (χ3n) is 3.24. The Morgan fingerprint density at radius 3 is 2.25 bits per heavy atom. The van der Waals surface area contributed by atoms with Crippen LogP contribution < -0.4 is 0 Å². The molecule has 0 spiro atoms. The predicted molar refractivity (Wildman–Crippen MR) is 54.4 cm³/mol. The van der Waals surface area contributed by atoms with E-state index < -0.39 is 0 Å². The summed E-state index contributed by atoms with van der Waals surface area (Å²) in [7, 11) is 1.81. The Morgan fingerprint density at radius 1 is 1.33 bits per heavy atom. The molecule has 0 aromatic heterocycles. The van der Waals surface area contributed by atoms with Gasteiger partial charge in [0.05, 0.1) is 6.10 Å². The Bertz CT molecular complexity index is 112. The molecule has 2 unspecified atom stereocenters. The van der Waals surface area contributed by atoms with Gasteiger partial charge in [-0.05, 0) is 25.2 Å². The van der Waals surface area contributed by atoms with E-state index >= 15 is 0 Å². The minimum absolute atomic E-state index is 0.380. The lowest BCUT2D eigenvalue weighted by Gasteiger charge is -2.33. The third kappa shape index (κ3) is 3.14. The van der Waals surface area contributed by atoms with Crippen LogP contribution in [0.4, 0.5) is 0 Å². The van der Waals surface area contributed by atoms with Crippen LogP contribution >= 0.6 is 0 Å². The minimum atomic E-state index is 0.380. The van der Waals surface area contributed by atoms with Crippen LogP contribution in [-0.4, -0.2) is 13.2 Å². The van der Waals surface area contributed by atoms with Crippen molar-refractivity contribution >= 4 is 0 Å². The van der Waals surface area contributed by atoms with Crippen molar-refractivity contribution in [2.45, 2.75) is 59.5 Å². The van der Waals surface area contributed by atoms with Crippen molar-refractivity contribution in [1.82, 2.24) is 0 Å². The Kier molecular flexibility index (Phi) is 5.56. The monoisotopic (exact) mass is 172 g/mol. The van der Waals surface area contributed by atoms with Crippen molar-refractivity contribution in [1.29, 1.82) is 0 Å². The number of hydrogen-bond donors (Lipinski definition) is 0. The van der Waals surface area contributed by atoms with Crippen LogP contribution in [0.25, 0.3) is 0 Å². The van der Waals surface area contributed by atoms with Gasteiger partial charge < -0.3 is 4.74 Å². The van der Waals surface area contributed by atoms with Crippen LogP contribution in [0.15, 0.2) is 0 Å². The van der Waals surface area contributed by atoms with Gasteiger partial charge in [-0.2, -0.15) is 0 Å². The van der Waals surface area contributed by atoms with Crippen molar-refractivity contribution in [2.75, 3.05) is 7.11 Å². The lowest BCUT2D eigenvalue weighted by Crippen LogP contribution is -2.30. The second-order valence-electron chi connectivity index (χ2n) is 3.99. The lowest BCUT2D eigenvalue weighted by atomic mass is 9.78. The molecule has 74 valence electrons. The van der Waals surface area contributed by atoms with Gasteiger partial charge in [-0.3, -0.25) is 0 Å². The third-order valence-corrected chi connectivity index (χ3v) is 3.24. The Labute approximate surface area is 77.5 Å². The highest BCUT2D eigenvalue weighted by atomic mass is 16.5. The minimum Gasteiger partial charge on any atom is -0.381 e. The first-order valence-corrected chi connectivity index (χ1v) is 5.13. The maximum Gasteiger partial charge on any atom is 0.0596 e. The van der Waals surface area contributed by atoms with Gasteiger partial charge >= 0.3 is 0 Å². The van der Waals surface area contributed by atoms with E-state index in [0.29, 0.717) is 11.5 Å². The molecule has 1 heteroatoms. The molecule has 1 nitrogen and oxygen atoms in total. The molecule has 0 aromatic carbocycles. The summed E-state index contributed by atoms with van der Waals surface area (Å²) < 4.78 is 5.40. The largest absolute Gasteiger partial charge is 0.381 e. The van der Waals surface area contributed by atoms with E-state index in [-0.39, 0.29) is 0 Å². The van der Waals surface area contributed by atoms with Crippen molar-refractivity contribution < 1.29 is 4.74 Å². The van der Waals surface area contributed by atoms with Gasteiger partial charge in [0.15, 0.2) is 0 Å². The first-order chi connectivity index (χ1) is 5.60. The normalized spacial score (nSPS) is 18.8. The van der Waals surface area contributed by atoms with Gasteiger partial charge in [-0.25, -0.2) is 0 Å². The number of hydrogen-bond acceptors (Lipinski definition) is 1. The number of methoxy groups -OCH3 is 1. The van der Waals surface area contributed by atoms with E-state index in [1.165, 1.54) is 25.7 Å². The van der Waals surface area contributed by atoms with Gasteiger partial charge in [-0.1, -0.05) is 33.6 Å². The first-order valence-electron chi connectivity index (χ1n) is 5.13. The van der Waals surface area contributed by atoms with E-state index in [4.69, 9.17) is 4.74 Å². The summed E-state index contributed by atoms with van der Waals surface area (Å²) in [5.74, 6) is 0. The van der Waals surface area contributed by atoms with Crippen LogP contribution in [0.2, 0.25) is 0 Å². The molecule has 12 heavy (non-hydrogen) atoms. The van der Waals surface area contributed by atoms with Gasteiger partial charge in [0, 0.05) is 7.11 Å². The summed E-state index contributed by atoms with van der Waals surface area (Å²) in [5, 5.41) is 0. The van der Waals surface area contributed by atoms with Crippen molar-refractivity contribution in [3.8, 4) is 0 Å². The highest BCUT2D eigenvalue weighted by Gasteiger charge is 2.28. The zero-order chi connectivity index (χ0) is 9.61. The zero-order valence-electron chi connectivity index (χ0n) is 9.31. The molecular formula is C11H24O. The van der Waals surface area contributed by atoms with E-state index in [2.05, 4.69) is 27.7 Å². The molecule has 0 rings (SSSR count). The fourth-order valence-electron chi connectivity index (χ4n) is 1.53. The molecule has 0 radical (unpaired) electrons. The van der Waals surface area contributed by atoms with Gasteiger partial charge in [-0.15, -0.1) is 0 Å². The SMILES string of the molecule is CCCCC(C)(CC)C(C)OC. The quantitative estimate of drug-likeness (QED) is 0.594. The molecule has 0 fully saturated rings. The molecule has 0 bridgehead atoms. The van der Waals surface area contributed by atoms with E-state index in [1.807, 2.05) is 7.11 Å². The summed E-state index contributed by atoms with van der Waals surface area (Å²) >= 11 is 0. The van der Waals surface area contributed by atoms with Crippen molar-refractivity contribution in [3.63, 3.8) is 0 Å². The average molecular weight is 172 g/mol. The average Bonchev–Trinajstić information content (AvgIpc) is 2.12. The van der Waals surface area contributed by atoms with Crippen molar-refractivity contribution in [2.24, 2.45) is 5.41 Å². The van der Waals surface area contributed by atoms with E-state index in [0.717, 1.165) is 0 Å². The van der Waals surface area contributed by atoms with Crippen molar-refractivity contribution in [3.05, 3.63) is 0 Å². The number of unbranched alkanes of at least 4 members (excludes halogenated alkanes) is 1. The molecule has 0 aromatic rings. The summed E-state index contributed by atoms with van der Waals surface area (Å²) in [4.78, 5) is 0. The maximum atomic E-state index is 5.40. The van der Waals surface area contributed by atoms with Crippen LogP contribution in [0, 0.1) is 5.41 Å². The van der Waals surface area contributed by atoms with Crippen LogP contribution in [0.1, 0.15) is 53.4 Å². The summed E-state index contributed by atoms with van der Waals surface area (Å²) in [6.45, 7) is 9.01. The standard InChI is InChI=1S/C11H24O/c1-6-8-9-11(4,7-2)10(3)12-5/h10H,6-9H2,1-5H3.